The summed E-state index contributed by atoms with van der Waals surface area (Å²) in [5.41, 5.74) is 0. The SMILES string of the molecule is CCOC(=O)NC1CC(CC(O)CC)CN(C2CC2)C1. The van der Waals surface area contributed by atoms with Crippen molar-refractivity contribution < 1.29 is 14.6 Å². The summed E-state index contributed by atoms with van der Waals surface area (Å²) in [6.45, 7) is 6.21. The van der Waals surface area contributed by atoms with Crippen LogP contribution in [0.3, 0.4) is 0 Å². The van der Waals surface area contributed by atoms with E-state index >= 15 is 0 Å². The van der Waals surface area contributed by atoms with Crippen molar-refractivity contribution in [3.63, 3.8) is 0 Å². The zero-order chi connectivity index (χ0) is 14.5. The predicted octanol–water partition coefficient (Wildman–Crippen LogP) is 1.75. The van der Waals surface area contributed by atoms with Crippen molar-refractivity contribution in [1.82, 2.24) is 10.2 Å². The number of alkyl carbamates (subject to hydrolysis) is 1. The van der Waals surface area contributed by atoms with Crippen LogP contribution in [0.2, 0.25) is 0 Å². The first kappa shape index (κ1) is 15.6. The topological polar surface area (TPSA) is 61.8 Å². The second-order valence-electron chi connectivity index (χ2n) is 6.15. The van der Waals surface area contributed by atoms with E-state index in [4.69, 9.17) is 4.74 Å². The van der Waals surface area contributed by atoms with Crippen LogP contribution in [0.25, 0.3) is 0 Å². The van der Waals surface area contributed by atoms with Gasteiger partial charge in [0.1, 0.15) is 0 Å². The van der Waals surface area contributed by atoms with Gasteiger partial charge in [0.15, 0.2) is 0 Å². The van der Waals surface area contributed by atoms with Gasteiger partial charge in [-0.25, -0.2) is 4.79 Å². The van der Waals surface area contributed by atoms with Gasteiger partial charge in [-0.15, -0.1) is 0 Å². The number of nitrogens with one attached hydrogen (secondary N) is 1. The molecular formula is C15H28N2O3. The Morgan fingerprint density at radius 1 is 1.40 bits per heavy atom. The molecule has 1 saturated heterocycles. The molecule has 2 N–H and O–H groups in total. The molecule has 2 aliphatic rings. The predicted molar refractivity (Wildman–Crippen MR) is 77.6 cm³/mol. The Morgan fingerprint density at radius 2 is 2.15 bits per heavy atom. The van der Waals surface area contributed by atoms with Gasteiger partial charge in [-0.2, -0.15) is 0 Å². The highest BCUT2D eigenvalue weighted by Crippen LogP contribution is 2.32. The van der Waals surface area contributed by atoms with Crippen LogP contribution in [0.5, 0.6) is 0 Å². The van der Waals surface area contributed by atoms with Crippen LogP contribution in [0.15, 0.2) is 0 Å². The molecule has 1 aliphatic heterocycles. The standard InChI is InChI=1S/C15H28N2O3/c1-3-14(18)8-11-7-12(16-15(19)20-4-2)10-17(9-11)13-5-6-13/h11-14,18H,3-10H2,1-2H3,(H,16,19). The fraction of sp³-hybridized carbons (Fsp3) is 0.933. The normalized spacial score (nSPS) is 28.9. The number of amides is 1. The Labute approximate surface area is 121 Å². The fourth-order valence-electron chi connectivity index (χ4n) is 3.14. The van der Waals surface area contributed by atoms with Gasteiger partial charge in [0.05, 0.1) is 12.7 Å². The summed E-state index contributed by atoms with van der Waals surface area (Å²) in [6, 6.07) is 0.848. The summed E-state index contributed by atoms with van der Waals surface area (Å²) in [7, 11) is 0. The Morgan fingerprint density at radius 3 is 2.75 bits per heavy atom. The molecule has 3 atom stereocenters. The number of piperidine rings is 1. The van der Waals surface area contributed by atoms with Crippen LogP contribution >= 0.6 is 0 Å². The van der Waals surface area contributed by atoms with E-state index in [2.05, 4.69) is 10.2 Å². The van der Waals surface area contributed by atoms with E-state index in [1.54, 1.807) is 0 Å². The van der Waals surface area contributed by atoms with Gasteiger partial charge in [0.2, 0.25) is 0 Å². The monoisotopic (exact) mass is 284 g/mol. The van der Waals surface area contributed by atoms with Crippen LogP contribution in [0, 0.1) is 5.92 Å². The summed E-state index contributed by atoms with van der Waals surface area (Å²) in [5.74, 6) is 0.464. The molecule has 2 rings (SSSR count). The maximum atomic E-state index is 11.6. The number of hydrogen-bond donors (Lipinski definition) is 2. The van der Waals surface area contributed by atoms with E-state index in [1.807, 2.05) is 13.8 Å². The lowest BCUT2D eigenvalue weighted by molar-refractivity contribution is 0.0766. The van der Waals surface area contributed by atoms with E-state index < -0.39 is 0 Å². The van der Waals surface area contributed by atoms with Gasteiger partial charge in [0.25, 0.3) is 0 Å². The molecule has 0 bridgehead atoms. The molecule has 1 aliphatic carbocycles. The summed E-state index contributed by atoms with van der Waals surface area (Å²) < 4.78 is 4.98. The first-order valence-corrected chi connectivity index (χ1v) is 7.97. The van der Waals surface area contributed by atoms with Gasteiger partial charge >= 0.3 is 6.09 Å². The van der Waals surface area contributed by atoms with Crippen molar-refractivity contribution in [3.05, 3.63) is 0 Å². The van der Waals surface area contributed by atoms with Gasteiger partial charge in [-0.1, -0.05) is 6.92 Å². The average Bonchev–Trinajstić information content (AvgIpc) is 3.22. The summed E-state index contributed by atoms with van der Waals surface area (Å²) >= 11 is 0. The third-order valence-corrected chi connectivity index (χ3v) is 4.30. The average molecular weight is 284 g/mol. The number of likely N-dealkylation sites (tertiary alicyclic amines) is 1. The van der Waals surface area contributed by atoms with Crippen molar-refractivity contribution in [2.24, 2.45) is 5.92 Å². The van der Waals surface area contributed by atoms with Gasteiger partial charge < -0.3 is 15.2 Å². The molecule has 116 valence electrons. The van der Waals surface area contributed by atoms with E-state index in [1.165, 1.54) is 12.8 Å². The molecule has 3 unspecified atom stereocenters. The van der Waals surface area contributed by atoms with E-state index in [0.717, 1.165) is 32.4 Å². The molecule has 5 heteroatoms. The molecule has 0 aromatic rings. The molecule has 1 saturated carbocycles. The quantitative estimate of drug-likeness (QED) is 0.780. The molecule has 0 aromatic carbocycles. The largest absolute Gasteiger partial charge is 0.450 e. The van der Waals surface area contributed by atoms with E-state index in [0.29, 0.717) is 18.6 Å². The molecule has 1 amide bonds. The molecule has 1 heterocycles. The van der Waals surface area contributed by atoms with Crippen molar-refractivity contribution in [2.75, 3.05) is 19.7 Å². The Hall–Kier alpha value is -0.810. The smallest absolute Gasteiger partial charge is 0.407 e. The van der Waals surface area contributed by atoms with Gasteiger partial charge in [-0.3, -0.25) is 4.90 Å². The van der Waals surface area contributed by atoms with Crippen molar-refractivity contribution >= 4 is 6.09 Å². The molecule has 0 spiro atoms. The summed E-state index contributed by atoms with van der Waals surface area (Å²) in [5, 5.41) is 12.8. The van der Waals surface area contributed by atoms with Gasteiger partial charge in [-0.05, 0) is 44.9 Å². The first-order chi connectivity index (χ1) is 9.62. The second-order valence-corrected chi connectivity index (χ2v) is 6.15. The maximum Gasteiger partial charge on any atom is 0.407 e. The molecule has 0 aromatic heterocycles. The van der Waals surface area contributed by atoms with E-state index in [-0.39, 0.29) is 18.2 Å². The molecule has 2 fully saturated rings. The highest BCUT2D eigenvalue weighted by molar-refractivity contribution is 5.67. The van der Waals surface area contributed by atoms with Crippen molar-refractivity contribution in [2.45, 2.75) is 64.1 Å². The van der Waals surface area contributed by atoms with Crippen LogP contribution in [0.1, 0.15) is 46.0 Å². The van der Waals surface area contributed by atoms with E-state index in [9.17, 15) is 9.90 Å². The Balaban J connectivity index is 1.88. The number of hydrogen-bond acceptors (Lipinski definition) is 4. The summed E-state index contributed by atoms with van der Waals surface area (Å²) in [6.07, 6.45) is 4.59. The fourth-order valence-corrected chi connectivity index (χ4v) is 3.14. The third-order valence-electron chi connectivity index (χ3n) is 4.30. The number of carbonyl (C=O) groups is 1. The van der Waals surface area contributed by atoms with Crippen LogP contribution in [-0.2, 0) is 4.74 Å². The molecule has 20 heavy (non-hydrogen) atoms. The number of ether oxygens (including phenoxy) is 1. The van der Waals surface area contributed by atoms with Gasteiger partial charge in [0, 0.05) is 25.2 Å². The maximum absolute atomic E-state index is 11.6. The lowest BCUT2D eigenvalue weighted by Crippen LogP contribution is -2.52. The van der Waals surface area contributed by atoms with Crippen molar-refractivity contribution in [1.29, 1.82) is 0 Å². The highest BCUT2D eigenvalue weighted by Gasteiger charge is 2.37. The number of carbonyl (C=O) groups excluding carboxylic acids is 1. The lowest BCUT2D eigenvalue weighted by Gasteiger charge is -2.38. The molecule has 5 nitrogen and oxygen atoms in total. The minimum absolute atomic E-state index is 0.150. The first-order valence-electron chi connectivity index (χ1n) is 7.97. The highest BCUT2D eigenvalue weighted by atomic mass is 16.5. The Kier molecular flexibility index (Phi) is 5.66. The van der Waals surface area contributed by atoms with Crippen LogP contribution in [-0.4, -0.2) is 54.0 Å². The molecular weight excluding hydrogens is 256 g/mol. The van der Waals surface area contributed by atoms with Crippen molar-refractivity contribution in [3.8, 4) is 0 Å². The molecule has 0 radical (unpaired) electrons. The minimum atomic E-state index is -0.315. The number of aliphatic hydroxyl groups excluding tert-OH is 1. The second kappa shape index (κ2) is 7.27. The lowest BCUT2D eigenvalue weighted by atomic mass is 9.89. The van der Waals surface area contributed by atoms with Crippen LogP contribution in [0.4, 0.5) is 4.79 Å². The number of rotatable bonds is 6. The zero-order valence-corrected chi connectivity index (χ0v) is 12.7. The summed E-state index contributed by atoms with van der Waals surface area (Å²) in [4.78, 5) is 14.1. The minimum Gasteiger partial charge on any atom is -0.450 e. The third kappa shape index (κ3) is 4.63. The Bertz CT molecular complexity index is 320. The zero-order valence-electron chi connectivity index (χ0n) is 12.7. The number of aliphatic hydroxyl groups is 1. The van der Waals surface area contributed by atoms with Crippen LogP contribution < -0.4 is 5.32 Å². The number of nitrogens with zero attached hydrogens (tertiary/aromatic N) is 1.